The van der Waals surface area contributed by atoms with Crippen LogP contribution in [0.3, 0.4) is 0 Å². The Labute approximate surface area is 216 Å². The summed E-state index contributed by atoms with van der Waals surface area (Å²) in [6.07, 6.45) is 1.09. The molecular formula is C31H30N2O4. The molecule has 6 nitrogen and oxygen atoms in total. The number of amides is 2. The first-order chi connectivity index (χ1) is 18.0. The Hall–Kier alpha value is -4.06. The molecule has 0 aliphatic carbocycles. The molecule has 3 heterocycles. The van der Waals surface area contributed by atoms with Gasteiger partial charge < -0.3 is 19.6 Å². The summed E-state index contributed by atoms with van der Waals surface area (Å²) in [5, 5.41) is 10.6. The van der Waals surface area contributed by atoms with Crippen molar-refractivity contribution in [2.75, 3.05) is 18.6 Å². The van der Waals surface area contributed by atoms with E-state index < -0.39 is 5.41 Å². The van der Waals surface area contributed by atoms with Gasteiger partial charge in [0.25, 0.3) is 5.91 Å². The Morgan fingerprint density at radius 2 is 1.73 bits per heavy atom. The summed E-state index contributed by atoms with van der Waals surface area (Å²) in [4.78, 5) is 32.0. The van der Waals surface area contributed by atoms with Crippen LogP contribution in [0.4, 0.5) is 5.69 Å². The maximum atomic E-state index is 14.5. The van der Waals surface area contributed by atoms with E-state index in [1.807, 2.05) is 88.7 Å². The molecule has 3 atom stereocenters. The second-order valence-corrected chi connectivity index (χ2v) is 10.2. The van der Waals surface area contributed by atoms with Crippen LogP contribution in [0.15, 0.2) is 90.2 Å². The van der Waals surface area contributed by atoms with Crippen molar-refractivity contribution >= 4 is 17.5 Å². The van der Waals surface area contributed by atoms with Crippen LogP contribution in [0.1, 0.15) is 42.4 Å². The number of fused-ring (bicyclic) bond motifs is 4. The molecule has 0 radical (unpaired) electrons. The maximum Gasteiger partial charge on any atom is 0.254 e. The van der Waals surface area contributed by atoms with Crippen LogP contribution in [0.5, 0.6) is 5.75 Å². The van der Waals surface area contributed by atoms with Gasteiger partial charge in [0, 0.05) is 18.2 Å². The Kier molecular flexibility index (Phi) is 5.55. The smallest absolute Gasteiger partial charge is 0.254 e. The number of piperidine rings is 1. The number of carbonyl (C=O) groups excluding carboxylic acids is 2. The van der Waals surface area contributed by atoms with Crippen molar-refractivity contribution in [2.45, 2.75) is 43.7 Å². The standard InChI is InChI=1S/C31H30N2O4/c1-20(34)28-24(22-11-7-4-8-12-22)18-27-31(15-16-32(27)29(28)35)25-17-23(37-2)13-14-26(25)33(30(31)36)19-21-9-5-3-6-10-21/h3-14,17,24,27,34H,15-16,18-19H2,1-2H3/b28-20-/t24-,27-,31+/m0/s1. The minimum Gasteiger partial charge on any atom is -0.512 e. The Balaban J connectivity index is 1.49. The van der Waals surface area contributed by atoms with E-state index in [2.05, 4.69) is 0 Å². The number of methoxy groups -OCH3 is 1. The van der Waals surface area contributed by atoms with E-state index >= 15 is 0 Å². The minimum absolute atomic E-state index is 0.0277. The zero-order chi connectivity index (χ0) is 25.7. The molecule has 1 N–H and O–H groups in total. The zero-order valence-corrected chi connectivity index (χ0v) is 21.1. The summed E-state index contributed by atoms with van der Waals surface area (Å²) in [6.45, 7) is 2.51. The quantitative estimate of drug-likeness (QED) is 0.405. The normalized spacial score (nSPS) is 25.9. The zero-order valence-electron chi connectivity index (χ0n) is 21.1. The third-order valence-corrected chi connectivity index (χ3v) is 8.37. The SMILES string of the molecule is COc1ccc2c(c1)[C@@]1(CCN3C(=O)/C(=C(/C)O)[C@H](c4ccccc4)C[C@H]31)C(=O)N2Cc1ccccc1. The van der Waals surface area contributed by atoms with Gasteiger partial charge in [0.1, 0.15) is 5.75 Å². The first-order valence-corrected chi connectivity index (χ1v) is 12.8. The number of aliphatic hydroxyl groups is 1. The van der Waals surface area contributed by atoms with Crippen LogP contribution in [0, 0.1) is 0 Å². The summed E-state index contributed by atoms with van der Waals surface area (Å²) in [6, 6.07) is 25.3. The molecule has 1 spiro atoms. The molecule has 2 amide bonds. The molecule has 188 valence electrons. The molecular weight excluding hydrogens is 464 g/mol. The molecule has 37 heavy (non-hydrogen) atoms. The monoisotopic (exact) mass is 494 g/mol. The molecule has 0 unspecified atom stereocenters. The topological polar surface area (TPSA) is 70.1 Å². The van der Waals surface area contributed by atoms with Crippen molar-refractivity contribution in [3.05, 3.63) is 107 Å². The maximum absolute atomic E-state index is 14.5. The van der Waals surface area contributed by atoms with Gasteiger partial charge in [-0.25, -0.2) is 0 Å². The Morgan fingerprint density at radius 3 is 2.41 bits per heavy atom. The number of anilines is 1. The highest BCUT2D eigenvalue weighted by Gasteiger charge is 2.63. The van der Waals surface area contributed by atoms with Crippen molar-refractivity contribution in [3.63, 3.8) is 0 Å². The van der Waals surface area contributed by atoms with E-state index in [0.29, 0.717) is 37.3 Å². The van der Waals surface area contributed by atoms with Gasteiger partial charge in [0.2, 0.25) is 5.91 Å². The van der Waals surface area contributed by atoms with Crippen LogP contribution in [-0.2, 0) is 21.5 Å². The van der Waals surface area contributed by atoms with E-state index in [-0.39, 0.29) is 29.5 Å². The molecule has 2 fully saturated rings. The highest BCUT2D eigenvalue weighted by atomic mass is 16.5. The molecule has 0 aromatic heterocycles. The average molecular weight is 495 g/mol. The number of allylic oxidation sites excluding steroid dienone is 1. The minimum atomic E-state index is -0.865. The predicted molar refractivity (Wildman–Crippen MR) is 142 cm³/mol. The summed E-state index contributed by atoms with van der Waals surface area (Å²) in [7, 11) is 1.63. The van der Waals surface area contributed by atoms with E-state index in [1.54, 1.807) is 14.0 Å². The van der Waals surface area contributed by atoms with E-state index in [4.69, 9.17) is 4.74 Å². The lowest BCUT2D eigenvalue weighted by Gasteiger charge is -2.42. The Morgan fingerprint density at radius 1 is 1.03 bits per heavy atom. The van der Waals surface area contributed by atoms with Gasteiger partial charge in [-0.3, -0.25) is 9.59 Å². The lowest BCUT2D eigenvalue weighted by molar-refractivity contribution is -0.132. The number of carbonyl (C=O) groups is 2. The van der Waals surface area contributed by atoms with Crippen molar-refractivity contribution in [1.82, 2.24) is 4.90 Å². The highest BCUT2D eigenvalue weighted by Crippen LogP contribution is 2.56. The highest BCUT2D eigenvalue weighted by molar-refractivity contribution is 6.10. The molecule has 2 saturated heterocycles. The molecule has 3 aromatic carbocycles. The van der Waals surface area contributed by atoms with Gasteiger partial charge >= 0.3 is 0 Å². The van der Waals surface area contributed by atoms with Gasteiger partial charge in [-0.1, -0.05) is 60.7 Å². The lowest BCUT2D eigenvalue weighted by atomic mass is 9.69. The van der Waals surface area contributed by atoms with Gasteiger partial charge in [-0.15, -0.1) is 0 Å². The number of hydrogen-bond acceptors (Lipinski definition) is 4. The molecule has 3 aromatic rings. The van der Waals surface area contributed by atoms with Crippen molar-refractivity contribution < 1.29 is 19.4 Å². The fraction of sp³-hybridized carbons (Fsp3) is 0.290. The fourth-order valence-corrected chi connectivity index (χ4v) is 6.68. The summed E-state index contributed by atoms with van der Waals surface area (Å²) >= 11 is 0. The number of benzene rings is 3. The largest absolute Gasteiger partial charge is 0.512 e. The second kappa shape index (κ2) is 8.80. The molecule has 6 rings (SSSR count). The predicted octanol–water partition coefficient (Wildman–Crippen LogP) is 5.10. The summed E-state index contributed by atoms with van der Waals surface area (Å²) in [5.41, 5.74) is 3.38. The van der Waals surface area contributed by atoms with Gasteiger partial charge in [0.05, 0.1) is 36.4 Å². The van der Waals surface area contributed by atoms with Gasteiger partial charge in [-0.2, -0.15) is 0 Å². The van der Waals surface area contributed by atoms with E-state index in [9.17, 15) is 14.7 Å². The number of rotatable bonds is 4. The number of aliphatic hydroxyl groups excluding tert-OH is 1. The van der Waals surface area contributed by atoms with Crippen LogP contribution in [0.25, 0.3) is 0 Å². The third-order valence-electron chi connectivity index (χ3n) is 8.37. The van der Waals surface area contributed by atoms with Crippen LogP contribution in [-0.4, -0.2) is 41.5 Å². The first-order valence-electron chi connectivity index (χ1n) is 12.8. The number of nitrogens with zero attached hydrogens (tertiary/aromatic N) is 2. The fourth-order valence-electron chi connectivity index (χ4n) is 6.68. The van der Waals surface area contributed by atoms with Crippen molar-refractivity contribution in [3.8, 4) is 5.75 Å². The summed E-state index contributed by atoms with van der Waals surface area (Å²) < 4.78 is 5.58. The lowest BCUT2D eigenvalue weighted by Crippen LogP contribution is -2.54. The molecule has 3 aliphatic rings. The van der Waals surface area contributed by atoms with E-state index in [1.165, 1.54) is 0 Å². The average Bonchev–Trinajstić information content (AvgIpc) is 3.42. The van der Waals surface area contributed by atoms with E-state index in [0.717, 1.165) is 22.4 Å². The number of ether oxygens (including phenoxy) is 1. The molecule has 0 bridgehead atoms. The first kappa shape index (κ1) is 23.3. The number of hydrogen-bond donors (Lipinski definition) is 1. The third kappa shape index (κ3) is 3.46. The molecule has 0 saturated carbocycles. The van der Waals surface area contributed by atoms with Gasteiger partial charge in [-0.05, 0) is 54.7 Å². The van der Waals surface area contributed by atoms with Gasteiger partial charge in [0.15, 0.2) is 0 Å². The van der Waals surface area contributed by atoms with Crippen molar-refractivity contribution in [2.24, 2.45) is 0 Å². The van der Waals surface area contributed by atoms with Crippen molar-refractivity contribution in [1.29, 1.82) is 0 Å². The Bertz CT molecular complexity index is 1400. The second-order valence-electron chi connectivity index (χ2n) is 10.2. The summed E-state index contributed by atoms with van der Waals surface area (Å²) in [5.74, 6) is 0.295. The van der Waals surface area contributed by atoms with Crippen LogP contribution >= 0.6 is 0 Å². The van der Waals surface area contributed by atoms with Crippen LogP contribution < -0.4 is 9.64 Å². The molecule has 3 aliphatic heterocycles. The van der Waals surface area contributed by atoms with Crippen LogP contribution in [0.2, 0.25) is 0 Å². The molecule has 6 heteroatoms.